The first kappa shape index (κ1) is 17.5. The molecule has 3 atom stereocenters. The van der Waals surface area contributed by atoms with Crippen molar-refractivity contribution in [2.75, 3.05) is 19.6 Å². The number of benzene rings is 1. The highest BCUT2D eigenvalue weighted by Gasteiger charge is 2.40. The van der Waals surface area contributed by atoms with Gasteiger partial charge in [0.05, 0.1) is 17.9 Å². The van der Waals surface area contributed by atoms with E-state index in [0.717, 1.165) is 5.56 Å². The molecule has 0 radical (unpaired) electrons. The molecule has 2 heterocycles. The average molecular weight is 344 g/mol. The molecule has 6 nitrogen and oxygen atoms in total. The van der Waals surface area contributed by atoms with Crippen LogP contribution in [0, 0.1) is 11.8 Å². The summed E-state index contributed by atoms with van der Waals surface area (Å²) in [5.74, 6) is -1.80. The summed E-state index contributed by atoms with van der Waals surface area (Å²) in [6, 6.07) is 9.71. The molecule has 1 aromatic carbocycles. The van der Waals surface area contributed by atoms with Gasteiger partial charge in [-0.3, -0.25) is 14.4 Å². The first-order chi connectivity index (χ1) is 12.0. The van der Waals surface area contributed by atoms with E-state index in [4.69, 9.17) is 0 Å². The van der Waals surface area contributed by atoms with Gasteiger partial charge in [-0.15, -0.1) is 0 Å². The minimum absolute atomic E-state index is 0.0125. The predicted molar refractivity (Wildman–Crippen MR) is 91.6 cm³/mol. The standard InChI is InChI=1S/C19H24N2O4/c1-13(14-6-3-2-4-7-14)21-12-16(10-17(21)22)18(23)20-9-5-8-15(11-20)19(24)25/h2-4,6-7,13,15-16H,5,8-12H2,1H3,(H,24,25)/t13-,15+,16-/m1/s1. The van der Waals surface area contributed by atoms with E-state index in [1.54, 1.807) is 9.80 Å². The molecule has 0 spiro atoms. The monoisotopic (exact) mass is 344 g/mol. The fourth-order valence-corrected chi connectivity index (χ4v) is 3.82. The van der Waals surface area contributed by atoms with Crippen LogP contribution in [0.4, 0.5) is 0 Å². The number of carbonyl (C=O) groups excluding carboxylic acids is 2. The topological polar surface area (TPSA) is 77.9 Å². The number of likely N-dealkylation sites (tertiary alicyclic amines) is 2. The third kappa shape index (κ3) is 3.67. The van der Waals surface area contributed by atoms with Crippen LogP contribution >= 0.6 is 0 Å². The minimum Gasteiger partial charge on any atom is -0.481 e. The van der Waals surface area contributed by atoms with Crippen molar-refractivity contribution in [1.82, 2.24) is 9.80 Å². The van der Waals surface area contributed by atoms with Crippen LogP contribution in [0.2, 0.25) is 0 Å². The number of amides is 2. The maximum absolute atomic E-state index is 12.8. The van der Waals surface area contributed by atoms with Crippen molar-refractivity contribution in [3.8, 4) is 0 Å². The Bertz CT molecular complexity index is 661. The second-order valence-electron chi connectivity index (χ2n) is 7.00. The Labute approximate surface area is 147 Å². The summed E-state index contributed by atoms with van der Waals surface area (Å²) >= 11 is 0. The van der Waals surface area contributed by atoms with Gasteiger partial charge in [0.2, 0.25) is 11.8 Å². The molecule has 0 saturated carbocycles. The predicted octanol–water partition coefficient (Wildman–Crippen LogP) is 1.92. The summed E-state index contributed by atoms with van der Waals surface area (Å²) < 4.78 is 0. The molecule has 2 fully saturated rings. The number of hydrogen-bond donors (Lipinski definition) is 1. The van der Waals surface area contributed by atoms with E-state index < -0.39 is 11.9 Å². The van der Waals surface area contributed by atoms with Crippen molar-refractivity contribution in [2.24, 2.45) is 11.8 Å². The molecule has 1 aromatic rings. The quantitative estimate of drug-likeness (QED) is 0.905. The molecule has 25 heavy (non-hydrogen) atoms. The summed E-state index contributed by atoms with van der Waals surface area (Å²) in [6.07, 6.45) is 1.53. The number of hydrogen-bond acceptors (Lipinski definition) is 3. The number of carboxylic acid groups (broad SMARTS) is 1. The van der Waals surface area contributed by atoms with Crippen molar-refractivity contribution < 1.29 is 19.5 Å². The van der Waals surface area contributed by atoms with E-state index in [1.165, 1.54) is 0 Å². The van der Waals surface area contributed by atoms with Gasteiger partial charge in [0.15, 0.2) is 0 Å². The second-order valence-corrected chi connectivity index (χ2v) is 7.00. The summed E-state index contributed by atoms with van der Waals surface area (Å²) in [5.41, 5.74) is 1.05. The molecular formula is C19H24N2O4. The van der Waals surface area contributed by atoms with E-state index in [1.807, 2.05) is 37.3 Å². The fraction of sp³-hybridized carbons (Fsp3) is 0.526. The first-order valence-electron chi connectivity index (χ1n) is 8.83. The Morgan fingerprint density at radius 3 is 2.56 bits per heavy atom. The third-order valence-electron chi connectivity index (χ3n) is 5.34. The van der Waals surface area contributed by atoms with Crippen LogP contribution in [0.15, 0.2) is 30.3 Å². The lowest BCUT2D eigenvalue weighted by Gasteiger charge is -2.32. The molecule has 2 amide bonds. The second kappa shape index (κ2) is 7.25. The maximum atomic E-state index is 12.8. The zero-order valence-electron chi connectivity index (χ0n) is 14.4. The highest BCUT2D eigenvalue weighted by Crippen LogP contribution is 2.30. The summed E-state index contributed by atoms with van der Waals surface area (Å²) in [5, 5.41) is 9.19. The smallest absolute Gasteiger partial charge is 0.308 e. The Morgan fingerprint density at radius 1 is 1.16 bits per heavy atom. The number of carboxylic acids is 1. The van der Waals surface area contributed by atoms with Crippen LogP contribution in [0.3, 0.4) is 0 Å². The molecule has 2 aliphatic heterocycles. The zero-order valence-corrected chi connectivity index (χ0v) is 14.4. The van der Waals surface area contributed by atoms with Crippen molar-refractivity contribution in [3.05, 3.63) is 35.9 Å². The lowest BCUT2D eigenvalue weighted by molar-refractivity contribution is -0.146. The summed E-state index contributed by atoms with van der Waals surface area (Å²) in [6.45, 7) is 3.22. The van der Waals surface area contributed by atoms with Crippen LogP contribution in [-0.2, 0) is 14.4 Å². The Hall–Kier alpha value is -2.37. The Kier molecular flexibility index (Phi) is 5.06. The van der Waals surface area contributed by atoms with Gasteiger partial charge in [0.1, 0.15) is 0 Å². The summed E-state index contributed by atoms with van der Waals surface area (Å²) in [7, 11) is 0. The highest BCUT2D eigenvalue weighted by molar-refractivity contribution is 5.89. The SMILES string of the molecule is C[C@H](c1ccccc1)N1C[C@H](C(=O)N2CCC[C@H](C(=O)O)C2)CC1=O. The molecule has 0 bridgehead atoms. The largest absolute Gasteiger partial charge is 0.481 e. The molecular weight excluding hydrogens is 320 g/mol. The molecule has 0 aliphatic carbocycles. The molecule has 3 rings (SSSR count). The van der Waals surface area contributed by atoms with Crippen LogP contribution in [0.1, 0.15) is 37.8 Å². The van der Waals surface area contributed by atoms with Crippen molar-refractivity contribution in [1.29, 1.82) is 0 Å². The lowest BCUT2D eigenvalue weighted by atomic mass is 9.96. The summed E-state index contributed by atoms with van der Waals surface area (Å²) in [4.78, 5) is 39.8. The van der Waals surface area contributed by atoms with Gasteiger partial charge in [0.25, 0.3) is 0 Å². The number of nitrogens with zero attached hydrogens (tertiary/aromatic N) is 2. The van der Waals surface area contributed by atoms with E-state index >= 15 is 0 Å². The highest BCUT2D eigenvalue weighted by atomic mass is 16.4. The lowest BCUT2D eigenvalue weighted by Crippen LogP contribution is -2.45. The molecule has 0 aromatic heterocycles. The van der Waals surface area contributed by atoms with Crippen LogP contribution < -0.4 is 0 Å². The maximum Gasteiger partial charge on any atom is 0.308 e. The van der Waals surface area contributed by atoms with Gasteiger partial charge in [-0.2, -0.15) is 0 Å². The van der Waals surface area contributed by atoms with Crippen molar-refractivity contribution >= 4 is 17.8 Å². The van der Waals surface area contributed by atoms with E-state index in [0.29, 0.717) is 25.9 Å². The third-order valence-corrected chi connectivity index (χ3v) is 5.34. The van der Waals surface area contributed by atoms with E-state index in [9.17, 15) is 19.5 Å². The van der Waals surface area contributed by atoms with E-state index in [-0.39, 0.29) is 36.7 Å². The van der Waals surface area contributed by atoms with Crippen molar-refractivity contribution in [2.45, 2.75) is 32.2 Å². The van der Waals surface area contributed by atoms with Gasteiger partial charge in [-0.25, -0.2) is 0 Å². The number of piperidine rings is 1. The van der Waals surface area contributed by atoms with Crippen LogP contribution in [0.25, 0.3) is 0 Å². The van der Waals surface area contributed by atoms with Crippen LogP contribution in [0.5, 0.6) is 0 Å². The average Bonchev–Trinajstić information content (AvgIpc) is 3.03. The Morgan fingerprint density at radius 2 is 1.88 bits per heavy atom. The molecule has 2 saturated heterocycles. The van der Waals surface area contributed by atoms with Crippen molar-refractivity contribution in [3.63, 3.8) is 0 Å². The molecule has 0 unspecified atom stereocenters. The molecule has 134 valence electrons. The Balaban J connectivity index is 1.65. The number of aliphatic carboxylic acids is 1. The van der Waals surface area contributed by atoms with Gasteiger partial charge >= 0.3 is 5.97 Å². The zero-order chi connectivity index (χ0) is 18.0. The van der Waals surface area contributed by atoms with Crippen LogP contribution in [-0.4, -0.2) is 52.3 Å². The number of carbonyl (C=O) groups is 3. The van der Waals surface area contributed by atoms with Gasteiger partial charge in [0, 0.05) is 26.1 Å². The minimum atomic E-state index is -0.848. The molecule has 6 heteroatoms. The van der Waals surface area contributed by atoms with Gasteiger partial charge in [-0.1, -0.05) is 30.3 Å². The number of rotatable bonds is 4. The fourth-order valence-electron chi connectivity index (χ4n) is 3.82. The first-order valence-corrected chi connectivity index (χ1v) is 8.83. The normalized spacial score (nSPS) is 25.1. The van der Waals surface area contributed by atoms with Gasteiger partial charge < -0.3 is 14.9 Å². The van der Waals surface area contributed by atoms with E-state index in [2.05, 4.69) is 0 Å². The van der Waals surface area contributed by atoms with Gasteiger partial charge in [-0.05, 0) is 25.3 Å². The molecule has 2 aliphatic rings. The molecule has 1 N–H and O–H groups in total.